The molecule has 0 nitrogen and oxygen atoms in total. The Balaban J connectivity index is 1.83. The lowest BCUT2D eigenvalue weighted by atomic mass is 9.84. The maximum Gasteiger partial charge on any atom is 0.0755 e. The van der Waals surface area contributed by atoms with Gasteiger partial charge in [0.15, 0.2) is 0 Å². The molecule has 0 saturated heterocycles. The number of rotatable bonds is 2. The third kappa shape index (κ3) is 2.79. The van der Waals surface area contributed by atoms with Crippen molar-refractivity contribution < 1.29 is 0 Å². The molecule has 0 heterocycles. The molecule has 0 atom stereocenters. The highest BCUT2D eigenvalue weighted by Gasteiger charge is 2.34. The van der Waals surface area contributed by atoms with Crippen molar-refractivity contribution in [1.29, 1.82) is 0 Å². The minimum Gasteiger partial charge on any atom is -0.0622 e. The van der Waals surface area contributed by atoms with E-state index in [-0.39, 0.29) is 0 Å². The summed E-state index contributed by atoms with van der Waals surface area (Å²) in [6, 6.07) is 24.1. The molecule has 0 aliphatic heterocycles. The monoisotopic (exact) mass is 358 g/mol. The molecule has 4 aliphatic carbocycles. The lowest BCUT2D eigenvalue weighted by Gasteiger charge is -2.14. The van der Waals surface area contributed by atoms with Gasteiger partial charge in [-0.15, -0.1) is 0 Å². The van der Waals surface area contributed by atoms with E-state index in [1.165, 1.54) is 56.0 Å². The quantitative estimate of drug-likeness (QED) is 0.428. The number of hydrogen-bond donors (Lipinski definition) is 0. The average molecular weight is 358 g/mol. The van der Waals surface area contributed by atoms with E-state index in [1.807, 2.05) is 0 Å². The van der Waals surface area contributed by atoms with Gasteiger partial charge in [-0.05, 0) is 86.6 Å². The molecule has 5 radical (unpaired) electrons. The van der Waals surface area contributed by atoms with Crippen LogP contribution in [0.2, 0.25) is 0 Å². The van der Waals surface area contributed by atoms with Gasteiger partial charge < -0.3 is 0 Å². The Kier molecular flexibility index (Phi) is 4.36. The first-order valence-corrected chi connectivity index (χ1v) is 9.80. The minimum atomic E-state index is 1.27. The van der Waals surface area contributed by atoms with Crippen molar-refractivity contribution in [1.82, 2.24) is 0 Å². The van der Waals surface area contributed by atoms with Crippen molar-refractivity contribution in [3.63, 3.8) is 0 Å². The van der Waals surface area contributed by atoms with Gasteiger partial charge in [0.25, 0.3) is 0 Å². The fourth-order valence-electron chi connectivity index (χ4n) is 4.41. The predicted molar refractivity (Wildman–Crippen MR) is 120 cm³/mol. The molecule has 0 aromatic heterocycles. The molecular formula is C28H22+. The zero-order chi connectivity index (χ0) is 19.1. The van der Waals surface area contributed by atoms with Crippen LogP contribution in [0.4, 0.5) is 0 Å². The van der Waals surface area contributed by atoms with Gasteiger partial charge in [-0.2, -0.15) is 0 Å². The lowest BCUT2D eigenvalue weighted by Crippen LogP contribution is -2.00. The zero-order valence-corrected chi connectivity index (χ0v) is 16.2. The fraction of sp³-hybridized carbons (Fsp3) is 0.0714. The standard InChI is InChI=1S/C28H22/c1-19-17-26(24-15-7-3-5-13-22(19)24)28(21-11-9-10-12-21)27-18-20(2)23-14-6-4-8-16-25(23)27/h3-18H,1-2H3/q+1/b28-26+. The summed E-state index contributed by atoms with van der Waals surface area (Å²) < 4.78 is 0. The van der Waals surface area contributed by atoms with Crippen LogP contribution in [0.3, 0.4) is 0 Å². The SMILES string of the molecule is CC1=C/C(=C(/[C]2[CH][CH][CH][CH]2)c2cc(C)c3cccccc2-3)[c+]2cccccc21. The molecule has 0 heteroatoms. The maximum atomic E-state index is 2.35. The van der Waals surface area contributed by atoms with Crippen molar-refractivity contribution in [3.8, 4) is 11.1 Å². The number of hydrogen-bond acceptors (Lipinski definition) is 0. The normalized spacial score (nSPS) is 18.3. The molecule has 0 N–H and O–H groups in total. The molecule has 5 rings (SSSR count). The summed E-state index contributed by atoms with van der Waals surface area (Å²) >= 11 is 0. The summed E-state index contributed by atoms with van der Waals surface area (Å²) in [5, 5.41) is 0. The molecule has 1 saturated carbocycles. The van der Waals surface area contributed by atoms with Crippen LogP contribution in [0.5, 0.6) is 0 Å². The van der Waals surface area contributed by atoms with Crippen LogP contribution < -0.4 is 0 Å². The maximum absolute atomic E-state index is 2.35. The minimum absolute atomic E-state index is 1.27. The van der Waals surface area contributed by atoms with E-state index >= 15 is 0 Å². The summed E-state index contributed by atoms with van der Waals surface area (Å²) in [4.78, 5) is 0. The van der Waals surface area contributed by atoms with Crippen LogP contribution in [0.1, 0.15) is 29.2 Å². The molecule has 1 aromatic rings. The van der Waals surface area contributed by atoms with Crippen LogP contribution in [0.25, 0.3) is 27.8 Å². The average Bonchev–Trinajstić information content (AvgIpc) is 3.25. The van der Waals surface area contributed by atoms with Crippen molar-refractivity contribution in [2.45, 2.75) is 13.8 Å². The molecule has 0 spiro atoms. The molecule has 28 heavy (non-hydrogen) atoms. The van der Waals surface area contributed by atoms with Crippen molar-refractivity contribution in [3.05, 3.63) is 127 Å². The molecule has 133 valence electrons. The van der Waals surface area contributed by atoms with Crippen molar-refractivity contribution >= 4 is 16.7 Å². The van der Waals surface area contributed by atoms with E-state index in [2.05, 4.69) is 112 Å². The third-order valence-electron chi connectivity index (χ3n) is 5.72. The van der Waals surface area contributed by atoms with Crippen LogP contribution in [0, 0.1) is 38.5 Å². The van der Waals surface area contributed by atoms with Gasteiger partial charge in [-0.3, -0.25) is 0 Å². The van der Waals surface area contributed by atoms with E-state index in [0.717, 1.165) is 0 Å². The van der Waals surface area contributed by atoms with Gasteiger partial charge >= 0.3 is 0 Å². The van der Waals surface area contributed by atoms with Crippen molar-refractivity contribution in [2.75, 3.05) is 0 Å². The van der Waals surface area contributed by atoms with Gasteiger partial charge in [0.05, 0.1) is 16.7 Å². The predicted octanol–water partition coefficient (Wildman–Crippen LogP) is 7.11. The topological polar surface area (TPSA) is 0 Å². The molecular weight excluding hydrogens is 336 g/mol. The third-order valence-corrected chi connectivity index (χ3v) is 5.72. The summed E-state index contributed by atoms with van der Waals surface area (Å²) in [5.74, 6) is 1.27. The first kappa shape index (κ1) is 17.4. The Morgan fingerprint density at radius 3 is 2.32 bits per heavy atom. The van der Waals surface area contributed by atoms with Crippen LogP contribution >= 0.6 is 0 Å². The highest BCUT2D eigenvalue weighted by molar-refractivity contribution is 6.12. The second kappa shape index (κ2) is 7.02. The zero-order valence-electron chi connectivity index (χ0n) is 16.2. The highest BCUT2D eigenvalue weighted by atomic mass is 14.3. The molecule has 4 aliphatic rings. The Labute approximate surface area is 168 Å². The van der Waals surface area contributed by atoms with E-state index < -0.39 is 0 Å². The van der Waals surface area contributed by atoms with Crippen LogP contribution in [-0.2, 0) is 0 Å². The largest absolute Gasteiger partial charge is 0.0755 e. The first-order chi connectivity index (χ1) is 13.7. The fourth-order valence-corrected chi connectivity index (χ4v) is 4.41. The van der Waals surface area contributed by atoms with E-state index in [1.54, 1.807) is 0 Å². The smallest absolute Gasteiger partial charge is 0.0622 e. The number of aryl methyl sites for hydroxylation is 1. The second-order valence-corrected chi connectivity index (χ2v) is 7.51. The summed E-state index contributed by atoms with van der Waals surface area (Å²) in [6.07, 6.45) is 11.1. The number of allylic oxidation sites excluding steroid dienone is 4. The van der Waals surface area contributed by atoms with Crippen molar-refractivity contribution in [2.24, 2.45) is 0 Å². The summed E-state index contributed by atoms with van der Waals surface area (Å²) in [7, 11) is 0. The lowest BCUT2D eigenvalue weighted by molar-refractivity contribution is 1.39. The Hall–Kier alpha value is -2.73. The Morgan fingerprint density at radius 1 is 0.786 bits per heavy atom. The van der Waals surface area contributed by atoms with Crippen LogP contribution in [-0.4, -0.2) is 0 Å². The van der Waals surface area contributed by atoms with E-state index in [0.29, 0.717) is 0 Å². The molecule has 0 bridgehead atoms. The summed E-state index contributed by atoms with van der Waals surface area (Å²) in [5.41, 5.74) is 11.9. The Bertz CT molecular complexity index is 1080. The van der Waals surface area contributed by atoms with Gasteiger partial charge in [0.2, 0.25) is 0 Å². The van der Waals surface area contributed by atoms with Gasteiger partial charge in [-0.1, -0.05) is 30.3 Å². The van der Waals surface area contributed by atoms with Gasteiger partial charge in [0.1, 0.15) is 0 Å². The molecule has 0 unspecified atom stereocenters. The summed E-state index contributed by atoms with van der Waals surface area (Å²) in [6.45, 7) is 4.42. The molecule has 1 aromatic carbocycles. The Morgan fingerprint density at radius 2 is 1.50 bits per heavy atom. The highest BCUT2D eigenvalue weighted by Crippen LogP contribution is 2.49. The van der Waals surface area contributed by atoms with Gasteiger partial charge in [0, 0.05) is 34.8 Å². The second-order valence-electron chi connectivity index (χ2n) is 7.51. The molecule has 0 amide bonds. The first-order valence-electron chi connectivity index (χ1n) is 9.80. The number of fused-ring (bicyclic) bond motifs is 2. The van der Waals surface area contributed by atoms with E-state index in [4.69, 9.17) is 0 Å². The van der Waals surface area contributed by atoms with E-state index in [9.17, 15) is 0 Å². The van der Waals surface area contributed by atoms with Crippen LogP contribution in [0.15, 0.2) is 72.8 Å². The molecule has 1 fully saturated rings. The van der Waals surface area contributed by atoms with Gasteiger partial charge in [-0.25, -0.2) is 0 Å².